The second kappa shape index (κ2) is 14.4. The van der Waals surface area contributed by atoms with E-state index in [1.165, 1.54) is 29.2 Å². The molecule has 0 aliphatic heterocycles. The molecule has 0 spiro atoms. The molecule has 2 amide bonds. The summed E-state index contributed by atoms with van der Waals surface area (Å²) in [5, 5.41) is 4.01. The van der Waals surface area contributed by atoms with Crippen molar-refractivity contribution in [1.82, 2.24) is 10.2 Å². The van der Waals surface area contributed by atoms with Crippen LogP contribution in [0.2, 0.25) is 15.1 Å². The molecule has 11 heteroatoms. The van der Waals surface area contributed by atoms with Crippen molar-refractivity contribution in [3.8, 4) is 0 Å². The Balaban J connectivity index is 2.09. The van der Waals surface area contributed by atoms with Crippen LogP contribution in [0.5, 0.6) is 0 Å². The van der Waals surface area contributed by atoms with Crippen LogP contribution in [0.15, 0.2) is 71.6 Å². The molecule has 3 aromatic rings. The zero-order valence-corrected chi connectivity index (χ0v) is 26.5. The number of hydrogen-bond acceptors (Lipinski definition) is 4. The maximum absolute atomic E-state index is 14.1. The lowest BCUT2D eigenvalue weighted by Gasteiger charge is -2.34. The maximum Gasteiger partial charge on any atom is 0.264 e. The second-order valence-electron chi connectivity index (χ2n) is 9.76. The fraction of sp³-hybridized carbons (Fsp3) is 0.333. The first-order chi connectivity index (χ1) is 19.4. The number of sulfonamides is 1. The monoisotopic (exact) mass is 637 g/mol. The largest absolute Gasteiger partial charge is 0.352 e. The van der Waals surface area contributed by atoms with Crippen molar-refractivity contribution in [3.05, 3.63) is 92.9 Å². The highest BCUT2D eigenvalue weighted by Crippen LogP contribution is 2.29. The lowest BCUT2D eigenvalue weighted by atomic mass is 10.1. The first-order valence-electron chi connectivity index (χ1n) is 13.3. The number of anilines is 1. The molecule has 220 valence electrons. The number of amides is 2. The van der Waals surface area contributed by atoms with Gasteiger partial charge >= 0.3 is 0 Å². The summed E-state index contributed by atoms with van der Waals surface area (Å²) in [6.45, 7) is 6.78. The molecule has 41 heavy (non-hydrogen) atoms. The van der Waals surface area contributed by atoms with Crippen molar-refractivity contribution < 1.29 is 18.0 Å². The van der Waals surface area contributed by atoms with E-state index in [1.54, 1.807) is 49.4 Å². The second-order valence-corrected chi connectivity index (χ2v) is 12.9. The van der Waals surface area contributed by atoms with Gasteiger partial charge in [-0.3, -0.25) is 13.9 Å². The van der Waals surface area contributed by atoms with Crippen LogP contribution in [0.3, 0.4) is 0 Å². The summed E-state index contributed by atoms with van der Waals surface area (Å²) in [7, 11) is -4.19. The first-order valence-corrected chi connectivity index (χ1v) is 15.8. The van der Waals surface area contributed by atoms with Gasteiger partial charge in [0.25, 0.3) is 10.0 Å². The Labute approximate surface area is 257 Å². The Morgan fingerprint density at radius 1 is 0.878 bits per heavy atom. The van der Waals surface area contributed by atoms with E-state index in [0.717, 1.165) is 9.87 Å². The van der Waals surface area contributed by atoms with Gasteiger partial charge in [-0.15, -0.1) is 0 Å². The van der Waals surface area contributed by atoms with E-state index in [-0.39, 0.29) is 35.5 Å². The van der Waals surface area contributed by atoms with Crippen LogP contribution in [0.4, 0.5) is 5.69 Å². The molecule has 0 saturated carbocycles. The SMILES string of the molecule is CC[C@H](C)NC(=O)[C@H](CC)N(Cc1c(Cl)cccc1Cl)C(=O)CN(c1ccc(Cl)cc1)S(=O)(=O)c1ccc(C)cc1. The first kappa shape index (κ1) is 32.7. The summed E-state index contributed by atoms with van der Waals surface area (Å²) >= 11 is 19.0. The average Bonchev–Trinajstić information content (AvgIpc) is 2.93. The normalized spacial score (nSPS) is 12.9. The molecular weight excluding hydrogens is 605 g/mol. The molecule has 2 atom stereocenters. The number of nitrogens with zero attached hydrogens (tertiary/aromatic N) is 2. The molecule has 7 nitrogen and oxygen atoms in total. The minimum Gasteiger partial charge on any atom is -0.352 e. The Morgan fingerprint density at radius 3 is 2.00 bits per heavy atom. The number of benzene rings is 3. The van der Waals surface area contributed by atoms with E-state index in [1.807, 2.05) is 20.8 Å². The van der Waals surface area contributed by atoms with Crippen LogP contribution in [0.1, 0.15) is 44.7 Å². The zero-order valence-electron chi connectivity index (χ0n) is 23.4. The van der Waals surface area contributed by atoms with Gasteiger partial charge in [-0.1, -0.05) is 72.4 Å². The van der Waals surface area contributed by atoms with Gasteiger partial charge in [0.15, 0.2) is 0 Å². The maximum atomic E-state index is 14.1. The molecule has 0 unspecified atom stereocenters. The Hall–Kier alpha value is -2.78. The fourth-order valence-corrected chi connectivity index (χ4v) is 6.25. The minimum absolute atomic E-state index is 0.0214. The number of rotatable bonds is 12. The van der Waals surface area contributed by atoms with Crippen LogP contribution >= 0.6 is 34.8 Å². The van der Waals surface area contributed by atoms with Crippen molar-refractivity contribution in [2.45, 2.75) is 64.1 Å². The molecule has 3 aromatic carbocycles. The van der Waals surface area contributed by atoms with E-state index in [4.69, 9.17) is 34.8 Å². The van der Waals surface area contributed by atoms with E-state index in [0.29, 0.717) is 27.1 Å². The summed E-state index contributed by atoms with van der Waals surface area (Å²) in [4.78, 5) is 28.9. The van der Waals surface area contributed by atoms with Crippen LogP contribution in [-0.2, 0) is 26.2 Å². The quantitative estimate of drug-likeness (QED) is 0.235. The molecular formula is C30H34Cl3N3O4S. The van der Waals surface area contributed by atoms with Gasteiger partial charge in [-0.05, 0) is 75.2 Å². The van der Waals surface area contributed by atoms with Crippen molar-refractivity contribution in [2.24, 2.45) is 0 Å². The number of hydrogen-bond donors (Lipinski definition) is 1. The molecule has 0 fully saturated rings. The van der Waals surface area contributed by atoms with Gasteiger partial charge in [0, 0.05) is 33.2 Å². The van der Waals surface area contributed by atoms with Gasteiger partial charge < -0.3 is 10.2 Å². The van der Waals surface area contributed by atoms with Crippen LogP contribution < -0.4 is 9.62 Å². The number of halogens is 3. The smallest absolute Gasteiger partial charge is 0.264 e. The summed E-state index contributed by atoms with van der Waals surface area (Å²) in [6, 6.07) is 16.5. The van der Waals surface area contributed by atoms with Gasteiger partial charge in [-0.2, -0.15) is 0 Å². The Morgan fingerprint density at radius 2 is 1.46 bits per heavy atom. The van der Waals surface area contributed by atoms with E-state index in [2.05, 4.69) is 5.32 Å². The molecule has 0 bridgehead atoms. The van der Waals surface area contributed by atoms with Gasteiger partial charge in [0.05, 0.1) is 10.6 Å². The number of aryl methyl sites for hydroxylation is 1. The third-order valence-electron chi connectivity index (χ3n) is 6.78. The third kappa shape index (κ3) is 8.16. The topological polar surface area (TPSA) is 86.8 Å². The Bertz CT molecular complexity index is 1450. The fourth-order valence-electron chi connectivity index (χ4n) is 4.19. The van der Waals surface area contributed by atoms with Crippen molar-refractivity contribution in [1.29, 1.82) is 0 Å². The molecule has 0 aliphatic carbocycles. The van der Waals surface area contributed by atoms with Crippen LogP contribution in [0, 0.1) is 6.92 Å². The standard InChI is InChI=1S/C30H34Cl3N3O4S/c1-5-21(4)34-30(38)28(6-2)35(18-25-26(32)8-7-9-27(25)33)29(37)19-36(23-14-12-22(31)13-15-23)41(39,40)24-16-10-20(3)11-17-24/h7-17,21,28H,5-6,18-19H2,1-4H3,(H,34,38)/t21-,28-/m0/s1. The molecule has 0 aromatic heterocycles. The van der Waals surface area contributed by atoms with E-state index in [9.17, 15) is 18.0 Å². The van der Waals surface area contributed by atoms with Gasteiger partial charge in [0.2, 0.25) is 11.8 Å². The predicted octanol–water partition coefficient (Wildman–Crippen LogP) is 6.87. The molecule has 1 N–H and O–H groups in total. The molecule has 0 saturated heterocycles. The average molecular weight is 639 g/mol. The van der Waals surface area contributed by atoms with Gasteiger partial charge in [-0.25, -0.2) is 8.42 Å². The molecule has 0 aliphatic rings. The van der Waals surface area contributed by atoms with E-state index >= 15 is 0 Å². The molecule has 0 heterocycles. The number of nitrogens with one attached hydrogen (secondary N) is 1. The minimum atomic E-state index is -4.19. The highest BCUT2D eigenvalue weighted by Gasteiger charge is 2.34. The summed E-state index contributed by atoms with van der Waals surface area (Å²) < 4.78 is 28.8. The zero-order chi connectivity index (χ0) is 30.3. The van der Waals surface area contributed by atoms with Crippen molar-refractivity contribution in [3.63, 3.8) is 0 Å². The lowest BCUT2D eigenvalue weighted by molar-refractivity contribution is -0.140. The highest BCUT2D eigenvalue weighted by molar-refractivity contribution is 7.92. The lowest BCUT2D eigenvalue weighted by Crippen LogP contribution is -2.53. The molecule has 0 radical (unpaired) electrons. The van der Waals surface area contributed by atoms with Crippen LogP contribution in [0.25, 0.3) is 0 Å². The van der Waals surface area contributed by atoms with Gasteiger partial charge in [0.1, 0.15) is 12.6 Å². The Kier molecular flexibility index (Phi) is 11.5. The third-order valence-corrected chi connectivity index (χ3v) is 9.53. The summed E-state index contributed by atoms with van der Waals surface area (Å²) in [5.41, 5.74) is 1.59. The summed E-state index contributed by atoms with van der Waals surface area (Å²) in [6.07, 6.45) is 0.980. The highest BCUT2D eigenvalue weighted by atomic mass is 35.5. The van der Waals surface area contributed by atoms with E-state index < -0.39 is 28.5 Å². The van der Waals surface area contributed by atoms with Crippen molar-refractivity contribution in [2.75, 3.05) is 10.8 Å². The number of carbonyl (C=O) groups is 2. The van der Waals surface area contributed by atoms with Crippen molar-refractivity contribution >= 4 is 62.3 Å². The summed E-state index contributed by atoms with van der Waals surface area (Å²) in [5.74, 6) is -0.949. The number of carbonyl (C=O) groups excluding carboxylic acids is 2. The predicted molar refractivity (Wildman–Crippen MR) is 166 cm³/mol. The molecule has 3 rings (SSSR count). The van der Waals surface area contributed by atoms with Crippen LogP contribution in [-0.4, -0.2) is 43.8 Å².